The van der Waals surface area contributed by atoms with Crippen molar-refractivity contribution in [3.8, 4) is 11.1 Å². The van der Waals surface area contributed by atoms with Crippen molar-refractivity contribution >= 4 is 18.0 Å². The maximum atomic E-state index is 12.5. The van der Waals surface area contributed by atoms with Gasteiger partial charge in [-0.3, -0.25) is 9.59 Å². The summed E-state index contributed by atoms with van der Waals surface area (Å²) in [6.07, 6.45) is 2.28. The molecule has 10 heteroatoms. The number of amides is 2. The zero-order valence-electron chi connectivity index (χ0n) is 19.0. The van der Waals surface area contributed by atoms with Crippen LogP contribution >= 0.6 is 0 Å². The monoisotopic (exact) mass is 475 g/mol. The smallest absolute Gasteiger partial charge is 0.407 e. The zero-order chi connectivity index (χ0) is 24.8. The summed E-state index contributed by atoms with van der Waals surface area (Å²) in [6.45, 7) is 3.80. The van der Waals surface area contributed by atoms with Crippen LogP contribution in [-0.4, -0.2) is 69.2 Å². The number of carbonyl (C=O) groups excluding carboxylic acids is 2. The first kappa shape index (κ1) is 23.7. The van der Waals surface area contributed by atoms with Gasteiger partial charge in [0.1, 0.15) is 13.2 Å². The fraction of sp³-hybridized carbons (Fsp3) is 0.240. The van der Waals surface area contributed by atoms with E-state index in [9.17, 15) is 14.4 Å². The number of carboxylic acids is 1. The highest BCUT2D eigenvalue weighted by Gasteiger charge is 2.29. The number of hydrogen-bond donors (Lipinski definition) is 2. The Morgan fingerprint density at radius 2 is 1.77 bits per heavy atom. The van der Waals surface area contributed by atoms with Crippen molar-refractivity contribution in [3.05, 3.63) is 84.2 Å². The van der Waals surface area contributed by atoms with Crippen molar-refractivity contribution in [2.45, 2.75) is 12.5 Å². The van der Waals surface area contributed by atoms with Crippen molar-refractivity contribution in [3.63, 3.8) is 0 Å². The molecule has 1 heterocycles. The predicted molar refractivity (Wildman–Crippen MR) is 127 cm³/mol. The Bertz CT molecular complexity index is 1210. The largest absolute Gasteiger partial charge is 0.480 e. The van der Waals surface area contributed by atoms with Crippen molar-refractivity contribution in [1.82, 2.24) is 25.2 Å². The highest BCUT2D eigenvalue weighted by molar-refractivity contribution is 5.93. The quantitative estimate of drug-likeness (QED) is 0.432. The third kappa shape index (κ3) is 5.37. The maximum Gasteiger partial charge on any atom is 0.407 e. The lowest BCUT2D eigenvalue weighted by atomic mass is 9.98. The Morgan fingerprint density at radius 3 is 2.40 bits per heavy atom. The van der Waals surface area contributed by atoms with Gasteiger partial charge in [0.05, 0.1) is 12.7 Å². The Kier molecular flexibility index (Phi) is 7.20. The van der Waals surface area contributed by atoms with E-state index in [4.69, 9.17) is 9.84 Å². The average molecular weight is 476 g/mol. The van der Waals surface area contributed by atoms with E-state index >= 15 is 0 Å². The molecule has 0 aliphatic heterocycles. The van der Waals surface area contributed by atoms with Gasteiger partial charge in [0.25, 0.3) is 5.91 Å². The number of fused-ring (bicyclic) bond motifs is 3. The van der Waals surface area contributed by atoms with Crippen LogP contribution < -0.4 is 5.32 Å². The van der Waals surface area contributed by atoms with Gasteiger partial charge in [0.2, 0.25) is 0 Å². The number of carbonyl (C=O) groups is 3. The first-order valence-corrected chi connectivity index (χ1v) is 11.1. The van der Waals surface area contributed by atoms with Crippen LogP contribution in [0.1, 0.15) is 27.5 Å². The number of nitrogens with one attached hydrogen (secondary N) is 1. The topological polar surface area (TPSA) is 127 Å². The van der Waals surface area contributed by atoms with Crippen molar-refractivity contribution in [2.24, 2.45) is 0 Å². The molecule has 35 heavy (non-hydrogen) atoms. The van der Waals surface area contributed by atoms with Crippen LogP contribution in [0.15, 0.2) is 67.4 Å². The minimum absolute atomic E-state index is 0.00856. The van der Waals surface area contributed by atoms with Crippen LogP contribution in [0.2, 0.25) is 0 Å². The summed E-state index contributed by atoms with van der Waals surface area (Å²) in [7, 11) is 0. The van der Waals surface area contributed by atoms with Gasteiger partial charge < -0.3 is 20.1 Å². The van der Waals surface area contributed by atoms with Crippen molar-refractivity contribution in [2.75, 3.05) is 26.2 Å². The van der Waals surface area contributed by atoms with Gasteiger partial charge in [-0.25, -0.2) is 9.48 Å². The summed E-state index contributed by atoms with van der Waals surface area (Å²) in [5.74, 6) is -1.73. The van der Waals surface area contributed by atoms with Crippen LogP contribution in [0, 0.1) is 0 Å². The lowest BCUT2D eigenvalue weighted by Crippen LogP contribution is -2.36. The number of hydrogen-bond acceptors (Lipinski definition) is 6. The van der Waals surface area contributed by atoms with Crippen LogP contribution in [-0.2, 0) is 16.1 Å². The molecule has 3 aromatic rings. The molecule has 0 radical (unpaired) electrons. The molecule has 10 nitrogen and oxygen atoms in total. The summed E-state index contributed by atoms with van der Waals surface area (Å²) < 4.78 is 6.89. The lowest BCUT2D eigenvalue weighted by Gasteiger charge is -2.16. The number of aromatic nitrogens is 3. The van der Waals surface area contributed by atoms with Gasteiger partial charge in [-0.1, -0.05) is 59.8 Å². The van der Waals surface area contributed by atoms with E-state index in [0.717, 1.165) is 27.2 Å². The predicted octanol–water partition coefficient (Wildman–Crippen LogP) is 2.53. The molecule has 0 saturated heterocycles. The third-order valence-corrected chi connectivity index (χ3v) is 5.67. The minimum atomic E-state index is -1.14. The molecule has 180 valence electrons. The molecule has 1 aliphatic carbocycles. The number of aliphatic carboxylic acids is 1. The number of carboxylic acid groups (broad SMARTS) is 1. The molecule has 1 aliphatic rings. The number of alkyl carbamates (subject to hydrolysis) is 1. The molecule has 2 N–H and O–H groups in total. The van der Waals surface area contributed by atoms with E-state index < -0.39 is 24.5 Å². The molecule has 0 unspecified atom stereocenters. The van der Waals surface area contributed by atoms with Crippen LogP contribution in [0.3, 0.4) is 0 Å². The minimum Gasteiger partial charge on any atom is -0.480 e. The number of nitrogens with zero attached hydrogens (tertiary/aromatic N) is 4. The molecule has 4 rings (SSSR count). The SMILES string of the molecule is C=CCN(CC(=O)O)C(=O)c1cn(CCNC(=O)OCC2c3ccccc3-c3ccccc32)nn1. The number of rotatable bonds is 10. The summed E-state index contributed by atoms with van der Waals surface area (Å²) in [6, 6.07) is 16.2. The zero-order valence-corrected chi connectivity index (χ0v) is 19.0. The summed E-state index contributed by atoms with van der Waals surface area (Å²) in [4.78, 5) is 36.8. The Labute approximate surface area is 201 Å². The molecular formula is C25H25N5O5. The van der Waals surface area contributed by atoms with Gasteiger partial charge in [-0.05, 0) is 22.3 Å². The lowest BCUT2D eigenvalue weighted by molar-refractivity contribution is -0.137. The van der Waals surface area contributed by atoms with Crippen molar-refractivity contribution in [1.29, 1.82) is 0 Å². The maximum absolute atomic E-state index is 12.5. The second kappa shape index (κ2) is 10.6. The van der Waals surface area contributed by atoms with E-state index in [1.165, 1.54) is 17.0 Å². The fourth-order valence-corrected chi connectivity index (χ4v) is 4.13. The Balaban J connectivity index is 1.28. The first-order chi connectivity index (χ1) is 17.0. The molecule has 0 saturated carbocycles. The second-order valence-corrected chi connectivity index (χ2v) is 7.99. The molecular weight excluding hydrogens is 450 g/mol. The Hall–Kier alpha value is -4.47. The highest BCUT2D eigenvalue weighted by atomic mass is 16.5. The van der Waals surface area contributed by atoms with E-state index in [-0.39, 0.29) is 37.9 Å². The van der Waals surface area contributed by atoms with Crippen LogP contribution in [0.5, 0.6) is 0 Å². The second-order valence-electron chi connectivity index (χ2n) is 7.99. The molecule has 0 fully saturated rings. The van der Waals surface area contributed by atoms with E-state index in [1.807, 2.05) is 24.3 Å². The van der Waals surface area contributed by atoms with Gasteiger partial charge in [0, 0.05) is 19.0 Å². The Morgan fingerprint density at radius 1 is 1.11 bits per heavy atom. The fourth-order valence-electron chi connectivity index (χ4n) is 4.13. The van der Waals surface area contributed by atoms with E-state index in [1.54, 1.807) is 0 Å². The van der Waals surface area contributed by atoms with Gasteiger partial charge >= 0.3 is 12.1 Å². The molecule has 2 amide bonds. The molecule has 0 bridgehead atoms. The highest BCUT2D eigenvalue weighted by Crippen LogP contribution is 2.44. The first-order valence-electron chi connectivity index (χ1n) is 11.1. The molecule has 0 spiro atoms. The van der Waals surface area contributed by atoms with Gasteiger partial charge in [0.15, 0.2) is 5.69 Å². The summed E-state index contributed by atoms with van der Waals surface area (Å²) >= 11 is 0. The average Bonchev–Trinajstić information content (AvgIpc) is 3.45. The van der Waals surface area contributed by atoms with Crippen LogP contribution in [0.25, 0.3) is 11.1 Å². The number of ether oxygens (including phenoxy) is 1. The molecule has 0 atom stereocenters. The summed E-state index contributed by atoms with van der Waals surface area (Å²) in [5, 5.41) is 19.3. The standard InChI is InChI=1S/C25H25N5O5/c1-2-12-29(15-23(31)32)24(33)22-14-30(28-27-22)13-11-26-25(34)35-16-21-19-9-5-3-7-17(19)18-8-4-6-10-20(18)21/h2-10,14,21H,1,11-13,15-16H2,(H,26,34)(H,31,32). The summed E-state index contributed by atoms with van der Waals surface area (Å²) in [5.41, 5.74) is 4.59. The third-order valence-electron chi connectivity index (χ3n) is 5.67. The van der Waals surface area contributed by atoms with Gasteiger partial charge in [-0.15, -0.1) is 11.7 Å². The normalized spacial score (nSPS) is 11.9. The van der Waals surface area contributed by atoms with Gasteiger partial charge in [-0.2, -0.15) is 0 Å². The van der Waals surface area contributed by atoms with Crippen LogP contribution in [0.4, 0.5) is 4.79 Å². The van der Waals surface area contributed by atoms with E-state index in [0.29, 0.717) is 0 Å². The molecule has 2 aromatic carbocycles. The van der Waals surface area contributed by atoms with Crippen molar-refractivity contribution < 1.29 is 24.2 Å². The number of benzene rings is 2. The molecule has 1 aromatic heterocycles. The van der Waals surface area contributed by atoms with E-state index in [2.05, 4.69) is 46.5 Å².